The van der Waals surface area contributed by atoms with E-state index in [9.17, 15) is 9.59 Å². The van der Waals surface area contributed by atoms with Crippen molar-refractivity contribution in [2.75, 3.05) is 6.61 Å². The van der Waals surface area contributed by atoms with Gasteiger partial charge in [0, 0.05) is 12.1 Å². The average molecular weight is 390 g/mol. The summed E-state index contributed by atoms with van der Waals surface area (Å²) in [4.78, 5) is 23.2. The third kappa shape index (κ3) is 6.39. The van der Waals surface area contributed by atoms with Gasteiger partial charge in [0.1, 0.15) is 18.1 Å². The maximum Gasteiger partial charge on any atom is 0.258 e. The first-order chi connectivity index (χ1) is 14.1. The van der Waals surface area contributed by atoms with Crippen LogP contribution in [0, 0.1) is 0 Å². The second kappa shape index (κ2) is 9.94. The number of hydrogen-bond acceptors (Lipinski definition) is 4. The van der Waals surface area contributed by atoms with Gasteiger partial charge in [-0.25, -0.2) is 0 Å². The number of rotatable bonds is 9. The number of carbonyl (C=O) groups excluding carboxylic acids is 2. The molecule has 0 aliphatic rings. The van der Waals surface area contributed by atoms with Crippen LogP contribution in [0.25, 0.3) is 0 Å². The number of primary amides is 1. The number of nitrogens with two attached hydrogens (primary N) is 1. The molecule has 3 aromatic rings. The maximum absolute atomic E-state index is 12.0. The van der Waals surface area contributed by atoms with Crippen LogP contribution < -0.4 is 20.5 Å². The van der Waals surface area contributed by atoms with E-state index in [-0.39, 0.29) is 12.5 Å². The predicted octanol–water partition coefficient (Wildman–Crippen LogP) is 3.06. The molecule has 3 rings (SSSR count). The minimum Gasteiger partial charge on any atom is -0.489 e. The van der Waals surface area contributed by atoms with E-state index in [1.807, 2.05) is 54.6 Å². The third-order valence-electron chi connectivity index (χ3n) is 4.15. The van der Waals surface area contributed by atoms with Crippen molar-refractivity contribution in [2.24, 2.45) is 5.73 Å². The van der Waals surface area contributed by atoms with Crippen LogP contribution in [0.1, 0.15) is 21.5 Å². The van der Waals surface area contributed by atoms with Gasteiger partial charge in [0.15, 0.2) is 6.61 Å². The molecule has 0 aromatic heterocycles. The minimum atomic E-state index is -0.544. The zero-order chi connectivity index (χ0) is 20.5. The highest BCUT2D eigenvalue weighted by atomic mass is 16.5. The summed E-state index contributed by atoms with van der Waals surface area (Å²) < 4.78 is 11.1. The van der Waals surface area contributed by atoms with Gasteiger partial charge in [0.2, 0.25) is 5.91 Å². The molecule has 3 aromatic carbocycles. The number of benzene rings is 3. The highest BCUT2D eigenvalue weighted by Crippen LogP contribution is 2.13. The highest BCUT2D eigenvalue weighted by Gasteiger charge is 2.06. The molecule has 0 heterocycles. The Labute approximate surface area is 169 Å². The van der Waals surface area contributed by atoms with E-state index in [2.05, 4.69) is 5.32 Å². The van der Waals surface area contributed by atoms with Gasteiger partial charge < -0.3 is 20.5 Å². The summed E-state index contributed by atoms with van der Waals surface area (Å²) >= 11 is 0. The lowest BCUT2D eigenvalue weighted by Crippen LogP contribution is -2.28. The molecule has 148 valence electrons. The van der Waals surface area contributed by atoms with E-state index in [4.69, 9.17) is 15.2 Å². The molecule has 6 nitrogen and oxygen atoms in total. The third-order valence-corrected chi connectivity index (χ3v) is 4.15. The topological polar surface area (TPSA) is 90.7 Å². The zero-order valence-electron chi connectivity index (χ0n) is 15.8. The van der Waals surface area contributed by atoms with E-state index in [0.717, 1.165) is 16.9 Å². The molecule has 0 atom stereocenters. The highest BCUT2D eigenvalue weighted by molar-refractivity contribution is 5.93. The lowest BCUT2D eigenvalue weighted by atomic mass is 10.1. The van der Waals surface area contributed by atoms with Crippen LogP contribution in [-0.4, -0.2) is 18.4 Å². The molecule has 3 N–H and O–H groups in total. The first-order valence-electron chi connectivity index (χ1n) is 9.15. The SMILES string of the molecule is NC(=O)c1cccc(OCC(=O)NCc2ccc(COc3ccccc3)cc2)c1. The van der Waals surface area contributed by atoms with Crippen LogP contribution in [-0.2, 0) is 17.9 Å². The van der Waals surface area contributed by atoms with Crippen molar-refractivity contribution in [1.29, 1.82) is 0 Å². The Kier molecular flexibility index (Phi) is 6.84. The van der Waals surface area contributed by atoms with Gasteiger partial charge in [0.25, 0.3) is 5.91 Å². The number of hydrogen-bond donors (Lipinski definition) is 2. The average Bonchev–Trinajstić information content (AvgIpc) is 2.76. The van der Waals surface area contributed by atoms with Crippen LogP contribution in [0.15, 0.2) is 78.9 Å². The van der Waals surface area contributed by atoms with Crippen molar-refractivity contribution >= 4 is 11.8 Å². The molecule has 6 heteroatoms. The molecule has 0 spiro atoms. The Balaban J connectivity index is 1.42. The van der Waals surface area contributed by atoms with E-state index in [1.165, 1.54) is 6.07 Å². The standard InChI is InChI=1S/C23H22N2O4/c24-23(27)19-5-4-8-21(13-19)29-16-22(26)25-14-17-9-11-18(12-10-17)15-28-20-6-2-1-3-7-20/h1-13H,14-16H2,(H2,24,27)(H,25,26). The lowest BCUT2D eigenvalue weighted by molar-refractivity contribution is -0.123. The summed E-state index contributed by atoms with van der Waals surface area (Å²) in [6.07, 6.45) is 0. The molecule has 0 unspecified atom stereocenters. The van der Waals surface area contributed by atoms with Gasteiger partial charge >= 0.3 is 0 Å². The fraction of sp³-hybridized carbons (Fsp3) is 0.130. The van der Waals surface area contributed by atoms with Crippen LogP contribution >= 0.6 is 0 Å². The summed E-state index contributed by atoms with van der Waals surface area (Å²) in [7, 11) is 0. The Morgan fingerprint density at radius 1 is 0.793 bits per heavy atom. The number of ether oxygens (including phenoxy) is 2. The zero-order valence-corrected chi connectivity index (χ0v) is 15.8. The van der Waals surface area contributed by atoms with E-state index < -0.39 is 5.91 Å². The molecule has 0 saturated heterocycles. The van der Waals surface area contributed by atoms with Crippen LogP contribution in [0.5, 0.6) is 11.5 Å². The first kappa shape index (κ1) is 19.9. The summed E-state index contributed by atoms with van der Waals surface area (Å²) in [5.41, 5.74) is 7.57. The molecule has 29 heavy (non-hydrogen) atoms. The van der Waals surface area contributed by atoms with Crippen molar-refractivity contribution in [3.8, 4) is 11.5 Å². The van der Waals surface area contributed by atoms with Gasteiger partial charge in [-0.15, -0.1) is 0 Å². The van der Waals surface area contributed by atoms with Gasteiger partial charge in [-0.3, -0.25) is 9.59 Å². The van der Waals surface area contributed by atoms with Gasteiger partial charge in [0.05, 0.1) is 0 Å². The van der Waals surface area contributed by atoms with Crippen molar-refractivity contribution in [3.05, 3.63) is 95.6 Å². The van der Waals surface area contributed by atoms with Crippen molar-refractivity contribution < 1.29 is 19.1 Å². The Hall–Kier alpha value is -3.80. The quantitative estimate of drug-likeness (QED) is 0.588. The predicted molar refractivity (Wildman–Crippen MR) is 110 cm³/mol. The number of nitrogens with one attached hydrogen (secondary N) is 1. The Morgan fingerprint density at radius 3 is 2.21 bits per heavy atom. The molecule has 0 radical (unpaired) electrons. The summed E-state index contributed by atoms with van der Waals surface area (Å²) in [6, 6.07) is 23.9. The number of amides is 2. The first-order valence-corrected chi connectivity index (χ1v) is 9.15. The van der Waals surface area contributed by atoms with Crippen molar-refractivity contribution in [2.45, 2.75) is 13.2 Å². The fourth-order valence-corrected chi connectivity index (χ4v) is 2.58. The molecular formula is C23H22N2O4. The fourth-order valence-electron chi connectivity index (χ4n) is 2.58. The molecule has 2 amide bonds. The monoisotopic (exact) mass is 390 g/mol. The molecule has 0 bridgehead atoms. The Morgan fingerprint density at radius 2 is 1.48 bits per heavy atom. The normalized spacial score (nSPS) is 10.2. The van der Waals surface area contributed by atoms with E-state index >= 15 is 0 Å². The van der Waals surface area contributed by atoms with Crippen LogP contribution in [0.4, 0.5) is 0 Å². The number of para-hydroxylation sites is 1. The molecule has 0 saturated carbocycles. The maximum atomic E-state index is 12.0. The largest absolute Gasteiger partial charge is 0.489 e. The van der Waals surface area contributed by atoms with Gasteiger partial charge in [-0.1, -0.05) is 48.5 Å². The molecule has 0 aliphatic heterocycles. The second-order valence-corrected chi connectivity index (χ2v) is 6.38. The van der Waals surface area contributed by atoms with E-state index in [0.29, 0.717) is 24.5 Å². The van der Waals surface area contributed by atoms with Gasteiger partial charge in [-0.2, -0.15) is 0 Å². The summed E-state index contributed by atoms with van der Waals surface area (Å²) in [5, 5.41) is 2.80. The summed E-state index contributed by atoms with van der Waals surface area (Å²) in [5.74, 6) is 0.438. The van der Waals surface area contributed by atoms with E-state index in [1.54, 1.807) is 18.2 Å². The second-order valence-electron chi connectivity index (χ2n) is 6.38. The molecule has 0 fully saturated rings. The molecule has 0 aliphatic carbocycles. The Bertz CT molecular complexity index is 956. The minimum absolute atomic E-state index is 0.148. The molecular weight excluding hydrogens is 368 g/mol. The van der Waals surface area contributed by atoms with Crippen molar-refractivity contribution in [1.82, 2.24) is 5.32 Å². The lowest BCUT2D eigenvalue weighted by Gasteiger charge is -2.09. The van der Waals surface area contributed by atoms with Gasteiger partial charge in [-0.05, 0) is 41.5 Å². The van der Waals surface area contributed by atoms with Crippen molar-refractivity contribution in [3.63, 3.8) is 0 Å². The van der Waals surface area contributed by atoms with Crippen LogP contribution in [0.2, 0.25) is 0 Å². The smallest absolute Gasteiger partial charge is 0.258 e. The summed E-state index contributed by atoms with van der Waals surface area (Å²) in [6.45, 7) is 0.726. The number of carbonyl (C=O) groups is 2. The van der Waals surface area contributed by atoms with Crippen LogP contribution in [0.3, 0.4) is 0 Å².